The van der Waals surface area contributed by atoms with E-state index in [4.69, 9.17) is 5.73 Å². The standard InChI is InChI=1S/C23H23N7O2/c1-30-12-15(9-27-30)16-8-17(16)23(32)29-21-7-14-6-20(28-22(24)19(14)11-26-21)18-10-25-4-2-13(18)3-5-31/h2,4,6-7,9-12,16-17,31H,3,5,8H2,1H3,(H2,24,28)(H,26,29,32)/t16-,17+/m0/s1. The number of nitrogens with one attached hydrogen (secondary N) is 1. The monoisotopic (exact) mass is 429 g/mol. The topological polar surface area (TPSA) is 132 Å². The van der Waals surface area contributed by atoms with Gasteiger partial charge >= 0.3 is 0 Å². The number of carbonyl (C=O) groups excluding carboxylic acids is 1. The number of rotatable bonds is 6. The minimum absolute atomic E-state index is 0.0291. The van der Waals surface area contributed by atoms with Crippen molar-refractivity contribution in [3.63, 3.8) is 0 Å². The van der Waals surface area contributed by atoms with Gasteiger partial charge in [-0.3, -0.25) is 14.5 Å². The number of aryl methyl sites for hydroxylation is 1. The molecule has 4 aromatic heterocycles. The maximum absolute atomic E-state index is 12.7. The van der Waals surface area contributed by atoms with E-state index in [0.29, 0.717) is 29.1 Å². The summed E-state index contributed by atoms with van der Waals surface area (Å²) in [5.41, 5.74) is 9.69. The number of nitrogens with two attached hydrogens (primary N) is 1. The molecule has 4 heterocycles. The summed E-state index contributed by atoms with van der Waals surface area (Å²) in [7, 11) is 1.87. The van der Waals surface area contributed by atoms with E-state index in [0.717, 1.165) is 28.5 Å². The number of nitrogen functional groups attached to an aromatic ring is 1. The van der Waals surface area contributed by atoms with Crippen LogP contribution in [-0.4, -0.2) is 42.4 Å². The zero-order valence-corrected chi connectivity index (χ0v) is 17.6. The third kappa shape index (κ3) is 3.78. The Balaban J connectivity index is 1.41. The maximum Gasteiger partial charge on any atom is 0.229 e. The van der Waals surface area contributed by atoms with Crippen LogP contribution in [0.2, 0.25) is 0 Å². The van der Waals surface area contributed by atoms with Crippen LogP contribution in [0.4, 0.5) is 11.6 Å². The van der Waals surface area contributed by atoms with E-state index < -0.39 is 0 Å². The number of carbonyl (C=O) groups is 1. The Morgan fingerprint density at radius 1 is 1.31 bits per heavy atom. The van der Waals surface area contributed by atoms with Gasteiger partial charge < -0.3 is 16.2 Å². The lowest BCUT2D eigenvalue weighted by Crippen LogP contribution is -2.15. The molecule has 5 rings (SSSR count). The first-order valence-electron chi connectivity index (χ1n) is 10.4. The van der Waals surface area contributed by atoms with Crippen LogP contribution in [0.3, 0.4) is 0 Å². The number of aliphatic hydroxyl groups is 1. The normalized spacial score (nSPS) is 17.4. The van der Waals surface area contributed by atoms with Crippen LogP contribution >= 0.6 is 0 Å². The summed E-state index contributed by atoms with van der Waals surface area (Å²) >= 11 is 0. The summed E-state index contributed by atoms with van der Waals surface area (Å²) in [6.07, 6.45) is 10.1. The lowest BCUT2D eigenvalue weighted by Gasteiger charge is -2.11. The molecule has 0 bridgehead atoms. The first kappa shape index (κ1) is 20.1. The highest BCUT2D eigenvalue weighted by molar-refractivity contribution is 5.98. The van der Waals surface area contributed by atoms with Gasteiger partial charge in [0, 0.05) is 55.3 Å². The molecule has 1 fully saturated rings. The number of fused-ring (bicyclic) bond motifs is 1. The van der Waals surface area contributed by atoms with Crippen molar-refractivity contribution in [1.29, 1.82) is 0 Å². The predicted octanol–water partition coefficient (Wildman–Crippen LogP) is 2.28. The molecule has 0 radical (unpaired) electrons. The van der Waals surface area contributed by atoms with E-state index >= 15 is 0 Å². The van der Waals surface area contributed by atoms with Gasteiger partial charge in [-0.05, 0) is 53.5 Å². The first-order valence-corrected chi connectivity index (χ1v) is 10.4. The molecule has 0 aromatic carbocycles. The average molecular weight is 429 g/mol. The summed E-state index contributed by atoms with van der Waals surface area (Å²) in [6.45, 7) is 0.0291. The van der Waals surface area contributed by atoms with Crippen molar-refractivity contribution in [2.24, 2.45) is 13.0 Å². The zero-order valence-electron chi connectivity index (χ0n) is 17.6. The van der Waals surface area contributed by atoms with Crippen LogP contribution in [0, 0.1) is 5.92 Å². The van der Waals surface area contributed by atoms with Crippen LogP contribution in [0.1, 0.15) is 23.5 Å². The highest BCUT2D eigenvalue weighted by atomic mass is 16.3. The van der Waals surface area contributed by atoms with Gasteiger partial charge in [0.1, 0.15) is 11.6 Å². The van der Waals surface area contributed by atoms with Gasteiger partial charge in [0.25, 0.3) is 0 Å². The number of pyridine rings is 3. The summed E-state index contributed by atoms with van der Waals surface area (Å²) in [5.74, 6) is 0.890. The molecule has 2 atom stereocenters. The number of amides is 1. The third-order valence-electron chi connectivity index (χ3n) is 5.84. The number of anilines is 2. The van der Waals surface area contributed by atoms with Crippen LogP contribution in [0.25, 0.3) is 22.0 Å². The van der Waals surface area contributed by atoms with Crippen molar-refractivity contribution in [3.05, 3.63) is 60.3 Å². The van der Waals surface area contributed by atoms with E-state index in [9.17, 15) is 9.90 Å². The fourth-order valence-corrected chi connectivity index (χ4v) is 4.08. The molecule has 4 aromatic rings. The molecular formula is C23H23N7O2. The molecule has 0 saturated heterocycles. The second kappa shape index (κ2) is 8.01. The summed E-state index contributed by atoms with van der Waals surface area (Å²) in [6, 6.07) is 5.56. The minimum atomic E-state index is -0.0776. The van der Waals surface area contributed by atoms with Gasteiger partial charge in [-0.25, -0.2) is 9.97 Å². The van der Waals surface area contributed by atoms with Gasteiger partial charge in [-0.1, -0.05) is 0 Å². The molecule has 1 saturated carbocycles. The van der Waals surface area contributed by atoms with Crippen molar-refractivity contribution in [1.82, 2.24) is 24.7 Å². The lowest BCUT2D eigenvalue weighted by molar-refractivity contribution is -0.117. The SMILES string of the molecule is Cn1cc([C@@H]2C[C@H]2C(=O)Nc2cc3cc(-c4cnccc4CCO)nc(N)c3cn2)cn1. The molecular weight excluding hydrogens is 406 g/mol. The van der Waals surface area contributed by atoms with Crippen molar-refractivity contribution >= 4 is 28.3 Å². The molecule has 32 heavy (non-hydrogen) atoms. The molecule has 0 unspecified atom stereocenters. The number of hydrogen-bond donors (Lipinski definition) is 3. The fraction of sp³-hybridized carbons (Fsp3) is 0.261. The second-order valence-corrected chi connectivity index (χ2v) is 8.08. The Labute approximate surface area is 184 Å². The van der Waals surface area contributed by atoms with Crippen LogP contribution < -0.4 is 11.1 Å². The summed E-state index contributed by atoms with van der Waals surface area (Å²) in [5, 5.41) is 18.0. The quantitative estimate of drug-likeness (QED) is 0.428. The summed E-state index contributed by atoms with van der Waals surface area (Å²) < 4.78 is 1.75. The maximum atomic E-state index is 12.7. The minimum Gasteiger partial charge on any atom is -0.396 e. The van der Waals surface area contributed by atoms with Crippen LogP contribution in [-0.2, 0) is 18.3 Å². The predicted molar refractivity (Wildman–Crippen MR) is 121 cm³/mol. The molecule has 1 amide bonds. The second-order valence-electron chi connectivity index (χ2n) is 8.08. The smallest absolute Gasteiger partial charge is 0.229 e. The van der Waals surface area contributed by atoms with E-state index in [1.54, 1.807) is 29.3 Å². The highest BCUT2D eigenvalue weighted by Gasteiger charge is 2.44. The third-order valence-corrected chi connectivity index (χ3v) is 5.84. The Hall–Kier alpha value is -3.85. The molecule has 4 N–H and O–H groups in total. The van der Waals surface area contributed by atoms with Crippen molar-refractivity contribution in [2.75, 3.05) is 17.7 Å². The van der Waals surface area contributed by atoms with Crippen LogP contribution in [0.5, 0.6) is 0 Å². The van der Waals surface area contributed by atoms with Crippen molar-refractivity contribution in [2.45, 2.75) is 18.8 Å². The highest BCUT2D eigenvalue weighted by Crippen LogP contribution is 2.47. The van der Waals surface area contributed by atoms with Gasteiger partial charge in [0.2, 0.25) is 5.91 Å². The Morgan fingerprint density at radius 2 is 2.19 bits per heavy atom. The number of nitrogens with zero attached hydrogens (tertiary/aromatic N) is 5. The van der Waals surface area contributed by atoms with Gasteiger partial charge in [0.05, 0.1) is 11.9 Å². The lowest BCUT2D eigenvalue weighted by atomic mass is 10.0. The van der Waals surface area contributed by atoms with E-state index in [1.165, 1.54) is 0 Å². The Kier molecular flexibility index (Phi) is 5.02. The molecule has 9 heteroatoms. The van der Waals surface area contributed by atoms with E-state index in [-0.39, 0.29) is 24.3 Å². The molecule has 0 aliphatic heterocycles. The van der Waals surface area contributed by atoms with E-state index in [2.05, 4.69) is 25.4 Å². The largest absolute Gasteiger partial charge is 0.396 e. The van der Waals surface area contributed by atoms with Gasteiger partial charge in [0.15, 0.2) is 0 Å². The number of hydrogen-bond acceptors (Lipinski definition) is 7. The van der Waals surface area contributed by atoms with E-state index in [1.807, 2.05) is 31.6 Å². The fourth-order valence-electron chi connectivity index (χ4n) is 4.08. The molecule has 9 nitrogen and oxygen atoms in total. The molecule has 1 aliphatic rings. The van der Waals surface area contributed by atoms with Gasteiger partial charge in [-0.15, -0.1) is 0 Å². The van der Waals surface area contributed by atoms with Crippen LogP contribution in [0.15, 0.2) is 49.2 Å². The average Bonchev–Trinajstić information content (AvgIpc) is 3.47. The number of aromatic nitrogens is 5. The summed E-state index contributed by atoms with van der Waals surface area (Å²) in [4.78, 5) is 25.8. The van der Waals surface area contributed by atoms with Gasteiger partial charge in [-0.2, -0.15) is 5.10 Å². The molecule has 0 spiro atoms. The van der Waals surface area contributed by atoms with Crippen molar-refractivity contribution < 1.29 is 9.90 Å². The Bertz CT molecular complexity index is 1320. The molecule has 162 valence electrons. The first-order chi connectivity index (χ1) is 15.5. The number of aliphatic hydroxyl groups excluding tert-OH is 1. The zero-order chi connectivity index (χ0) is 22.2. The molecule has 1 aliphatic carbocycles. The Morgan fingerprint density at radius 3 is 2.97 bits per heavy atom. The van der Waals surface area contributed by atoms with Crippen molar-refractivity contribution in [3.8, 4) is 11.3 Å².